The van der Waals surface area contributed by atoms with Gasteiger partial charge < -0.3 is 9.64 Å². The number of carbonyl (C=O) groups excluding carboxylic acids is 1. The van der Waals surface area contributed by atoms with E-state index in [9.17, 15) is 4.79 Å². The predicted octanol–water partition coefficient (Wildman–Crippen LogP) is 1.36. The van der Waals surface area contributed by atoms with Gasteiger partial charge >= 0.3 is 5.97 Å². The highest BCUT2D eigenvalue weighted by atomic mass is 32.2. The average Bonchev–Trinajstić information content (AvgIpc) is 2.43. The summed E-state index contributed by atoms with van der Waals surface area (Å²) in [6.07, 6.45) is 1.98. The first-order chi connectivity index (χ1) is 8.68. The summed E-state index contributed by atoms with van der Waals surface area (Å²) in [6.45, 7) is 8.26. The van der Waals surface area contributed by atoms with Gasteiger partial charge in [0.2, 0.25) is 0 Å². The molecule has 0 radical (unpaired) electrons. The number of nitrogens with zero attached hydrogens (tertiary/aromatic N) is 1. The van der Waals surface area contributed by atoms with Gasteiger partial charge in [0.05, 0.1) is 7.11 Å². The lowest BCUT2D eigenvalue weighted by molar-refractivity contribution is -0.148. The van der Waals surface area contributed by atoms with Crippen molar-refractivity contribution in [2.45, 2.75) is 32.2 Å². The molecule has 1 rings (SSSR count). The molecule has 0 aromatic rings. The first-order valence-corrected chi connectivity index (χ1v) is 7.97. The largest absolute Gasteiger partial charge is 0.468 e. The molecule has 1 atom stereocenters. The Kier molecular flexibility index (Phi) is 7.04. The van der Waals surface area contributed by atoms with Crippen molar-refractivity contribution < 1.29 is 9.53 Å². The number of carbonyl (C=O) groups is 1. The number of hydrogen-bond donors (Lipinski definition) is 1. The fourth-order valence-electron chi connectivity index (χ4n) is 2.36. The van der Waals surface area contributed by atoms with E-state index in [0.29, 0.717) is 0 Å². The second-order valence-corrected chi connectivity index (χ2v) is 5.79. The summed E-state index contributed by atoms with van der Waals surface area (Å²) in [5.41, 5.74) is -0.454. The third-order valence-corrected chi connectivity index (χ3v) is 4.88. The van der Waals surface area contributed by atoms with Crippen molar-refractivity contribution in [2.75, 3.05) is 44.8 Å². The number of nitrogens with one attached hydrogen (secondary N) is 1. The van der Waals surface area contributed by atoms with Gasteiger partial charge in [0.25, 0.3) is 0 Å². The van der Waals surface area contributed by atoms with Crippen LogP contribution in [-0.4, -0.2) is 61.2 Å². The molecule has 0 bridgehead atoms. The maximum absolute atomic E-state index is 12.0. The lowest BCUT2D eigenvalue weighted by Gasteiger charge is -2.35. The van der Waals surface area contributed by atoms with Crippen LogP contribution in [0.4, 0.5) is 0 Å². The molecule has 0 spiro atoms. The summed E-state index contributed by atoms with van der Waals surface area (Å²) >= 11 is 1.84. The Balaban J connectivity index is 2.49. The Morgan fingerprint density at radius 1 is 1.44 bits per heavy atom. The Hall–Kier alpha value is -0.260. The molecule has 18 heavy (non-hydrogen) atoms. The second kappa shape index (κ2) is 8.02. The van der Waals surface area contributed by atoms with E-state index in [-0.39, 0.29) is 5.97 Å². The molecule has 0 saturated carbocycles. The number of methoxy groups -OCH3 is 1. The van der Waals surface area contributed by atoms with E-state index in [1.54, 1.807) is 0 Å². The van der Waals surface area contributed by atoms with Crippen LogP contribution in [0.15, 0.2) is 0 Å². The molecule has 1 heterocycles. The molecule has 106 valence electrons. The third kappa shape index (κ3) is 4.14. The van der Waals surface area contributed by atoms with Crippen LogP contribution in [0.25, 0.3) is 0 Å². The van der Waals surface area contributed by atoms with Gasteiger partial charge in [-0.25, -0.2) is 0 Å². The molecule has 1 aliphatic heterocycles. The predicted molar refractivity (Wildman–Crippen MR) is 77.1 cm³/mol. The van der Waals surface area contributed by atoms with Crippen LogP contribution in [0.3, 0.4) is 0 Å². The first kappa shape index (κ1) is 15.8. The molecular formula is C13H26N2O2S. The highest BCUT2D eigenvalue weighted by Crippen LogP contribution is 2.27. The maximum atomic E-state index is 12.0. The maximum Gasteiger partial charge on any atom is 0.326 e. The van der Waals surface area contributed by atoms with Crippen LogP contribution >= 0.6 is 11.8 Å². The van der Waals surface area contributed by atoms with Crippen LogP contribution < -0.4 is 5.32 Å². The van der Waals surface area contributed by atoms with Crippen LogP contribution in [0.5, 0.6) is 0 Å². The number of likely N-dealkylation sites (N-methyl/N-ethyl adjacent to an activating group) is 1. The molecule has 0 aromatic carbocycles. The molecule has 5 heteroatoms. The van der Waals surface area contributed by atoms with Gasteiger partial charge in [-0.3, -0.25) is 10.1 Å². The number of thioether (sulfide) groups is 1. The summed E-state index contributed by atoms with van der Waals surface area (Å²) in [4.78, 5) is 14.3. The van der Waals surface area contributed by atoms with Crippen molar-refractivity contribution in [1.82, 2.24) is 10.2 Å². The smallest absolute Gasteiger partial charge is 0.326 e. The summed E-state index contributed by atoms with van der Waals surface area (Å²) in [5, 5.41) is 3.45. The Bertz CT molecular complexity index is 251. The fourth-order valence-corrected chi connectivity index (χ4v) is 3.56. The highest BCUT2D eigenvalue weighted by Gasteiger charge is 2.40. The lowest BCUT2D eigenvalue weighted by atomic mass is 9.95. The first-order valence-electron chi connectivity index (χ1n) is 6.82. The highest BCUT2D eigenvalue weighted by molar-refractivity contribution is 7.99. The zero-order valence-corrected chi connectivity index (χ0v) is 12.6. The molecule has 1 unspecified atom stereocenters. The molecule has 0 amide bonds. The quantitative estimate of drug-likeness (QED) is 0.710. The lowest BCUT2D eigenvalue weighted by Crippen LogP contribution is -2.57. The minimum atomic E-state index is -0.454. The van der Waals surface area contributed by atoms with Gasteiger partial charge in [-0.2, -0.15) is 11.8 Å². The van der Waals surface area contributed by atoms with Gasteiger partial charge in [-0.05, 0) is 31.7 Å². The van der Waals surface area contributed by atoms with Gasteiger partial charge in [0, 0.05) is 18.8 Å². The third-order valence-electron chi connectivity index (χ3n) is 3.60. The Labute approximate surface area is 115 Å². The fraction of sp³-hybridized carbons (Fsp3) is 0.923. The van der Waals surface area contributed by atoms with Crippen molar-refractivity contribution in [3.63, 3.8) is 0 Å². The van der Waals surface area contributed by atoms with Crippen LogP contribution in [-0.2, 0) is 9.53 Å². The molecule has 0 aliphatic carbocycles. The molecule has 1 aliphatic rings. The molecule has 1 N–H and O–H groups in total. The monoisotopic (exact) mass is 274 g/mol. The summed E-state index contributed by atoms with van der Waals surface area (Å²) in [6, 6.07) is 0. The van der Waals surface area contributed by atoms with E-state index in [4.69, 9.17) is 4.74 Å². The van der Waals surface area contributed by atoms with E-state index in [1.165, 1.54) is 7.11 Å². The standard InChI is InChI=1S/C13H26N2O2S/c1-4-15(5-2)9-8-14-13(12(16)17-3)7-6-10-18-11-13/h14H,4-11H2,1-3H3. The van der Waals surface area contributed by atoms with Crippen molar-refractivity contribution in [1.29, 1.82) is 0 Å². The topological polar surface area (TPSA) is 41.6 Å². The Morgan fingerprint density at radius 2 is 2.17 bits per heavy atom. The zero-order valence-electron chi connectivity index (χ0n) is 11.8. The summed E-state index contributed by atoms with van der Waals surface area (Å²) in [5.74, 6) is 1.88. The average molecular weight is 274 g/mol. The van der Waals surface area contributed by atoms with Gasteiger partial charge in [0.15, 0.2) is 0 Å². The summed E-state index contributed by atoms with van der Waals surface area (Å²) < 4.78 is 4.97. The number of ether oxygens (including phenoxy) is 1. The number of esters is 1. The van der Waals surface area contributed by atoms with Gasteiger partial charge in [-0.15, -0.1) is 0 Å². The molecule has 1 saturated heterocycles. The van der Waals surface area contributed by atoms with Crippen molar-refractivity contribution in [3.8, 4) is 0 Å². The molecule has 1 fully saturated rings. The molecular weight excluding hydrogens is 248 g/mol. The van der Waals surface area contributed by atoms with E-state index >= 15 is 0 Å². The van der Waals surface area contributed by atoms with Gasteiger partial charge in [-0.1, -0.05) is 13.8 Å². The SMILES string of the molecule is CCN(CC)CCNC1(C(=O)OC)CCCSC1. The number of hydrogen-bond acceptors (Lipinski definition) is 5. The van der Waals surface area contributed by atoms with Crippen molar-refractivity contribution in [2.24, 2.45) is 0 Å². The van der Waals surface area contributed by atoms with E-state index in [2.05, 4.69) is 24.1 Å². The Morgan fingerprint density at radius 3 is 2.67 bits per heavy atom. The zero-order chi connectivity index (χ0) is 13.4. The van der Waals surface area contributed by atoms with Crippen LogP contribution in [0.1, 0.15) is 26.7 Å². The van der Waals surface area contributed by atoms with Crippen LogP contribution in [0, 0.1) is 0 Å². The molecule has 0 aromatic heterocycles. The van der Waals surface area contributed by atoms with Gasteiger partial charge in [0.1, 0.15) is 5.54 Å². The summed E-state index contributed by atoms with van der Waals surface area (Å²) in [7, 11) is 1.48. The minimum Gasteiger partial charge on any atom is -0.468 e. The van der Waals surface area contributed by atoms with Crippen LogP contribution in [0.2, 0.25) is 0 Å². The van der Waals surface area contributed by atoms with E-state index < -0.39 is 5.54 Å². The van der Waals surface area contributed by atoms with E-state index in [0.717, 1.165) is 50.5 Å². The second-order valence-electron chi connectivity index (χ2n) is 4.68. The number of rotatable bonds is 7. The van der Waals surface area contributed by atoms with Crippen molar-refractivity contribution >= 4 is 17.7 Å². The van der Waals surface area contributed by atoms with E-state index in [1.807, 2.05) is 11.8 Å². The van der Waals surface area contributed by atoms with Crippen molar-refractivity contribution in [3.05, 3.63) is 0 Å². The normalized spacial score (nSPS) is 24.2. The minimum absolute atomic E-state index is 0.103. The molecule has 4 nitrogen and oxygen atoms in total.